The predicted molar refractivity (Wildman–Crippen MR) is 88.9 cm³/mol. The Balaban J connectivity index is 2.01. The van der Waals surface area contributed by atoms with E-state index >= 15 is 0 Å². The van der Waals surface area contributed by atoms with E-state index in [0.717, 1.165) is 12.0 Å². The Bertz CT molecular complexity index is 662. The van der Waals surface area contributed by atoms with Crippen LogP contribution in [-0.4, -0.2) is 18.2 Å². The zero-order valence-electron chi connectivity index (χ0n) is 13.7. The molecular weight excluding hydrogens is 292 g/mol. The molecule has 2 rings (SSSR count). The van der Waals surface area contributed by atoms with Gasteiger partial charge in [0.05, 0.1) is 7.11 Å². The lowest BCUT2D eigenvalue weighted by atomic mass is 9.98. The van der Waals surface area contributed by atoms with Crippen LogP contribution in [0, 0.1) is 0 Å². The minimum absolute atomic E-state index is 0.123. The number of esters is 1. The first-order valence-corrected chi connectivity index (χ1v) is 7.68. The second kappa shape index (κ2) is 7.68. The topological polar surface area (TPSA) is 55.8 Å². The molecule has 4 heteroatoms. The van der Waals surface area contributed by atoms with Gasteiger partial charge in [-0.15, -0.1) is 0 Å². The van der Waals surface area contributed by atoms with Crippen molar-refractivity contribution >= 4 is 5.97 Å². The van der Waals surface area contributed by atoms with E-state index < -0.39 is 5.97 Å². The summed E-state index contributed by atoms with van der Waals surface area (Å²) in [5, 5.41) is 9.83. The lowest BCUT2D eigenvalue weighted by molar-refractivity contribution is 0.0597. The maximum absolute atomic E-state index is 11.4. The molecular formula is C19H22O4. The molecule has 1 unspecified atom stereocenters. The lowest BCUT2D eigenvalue weighted by Gasteiger charge is -2.11. The fraction of sp³-hybridized carbons (Fsp3) is 0.316. The summed E-state index contributed by atoms with van der Waals surface area (Å²) in [7, 11) is 1.27. The van der Waals surface area contributed by atoms with E-state index in [9.17, 15) is 9.90 Å². The summed E-state index contributed by atoms with van der Waals surface area (Å²) in [6, 6.07) is 12.9. The van der Waals surface area contributed by atoms with E-state index in [4.69, 9.17) is 4.74 Å². The van der Waals surface area contributed by atoms with Crippen molar-refractivity contribution in [2.24, 2.45) is 0 Å². The number of aromatic hydroxyl groups is 1. The number of phenols is 1. The van der Waals surface area contributed by atoms with Crippen LogP contribution >= 0.6 is 0 Å². The number of hydrogen-bond acceptors (Lipinski definition) is 4. The summed E-state index contributed by atoms with van der Waals surface area (Å²) in [4.78, 5) is 11.4. The molecule has 0 bridgehead atoms. The first kappa shape index (κ1) is 16.9. The maximum Gasteiger partial charge on any atom is 0.341 e. The zero-order valence-corrected chi connectivity index (χ0v) is 13.7. The molecule has 0 saturated carbocycles. The van der Waals surface area contributed by atoms with Crippen LogP contribution in [-0.2, 0) is 11.3 Å². The van der Waals surface area contributed by atoms with Crippen LogP contribution in [0.4, 0.5) is 0 Å². The van der Waals surface area contributed by atoms with E-state index in [-0.39, 0.29) is 11.3 Å². The zero-order chi connectivity index (χ0) is 16.8. The van der Waals surface area contributed by atoms with E-state index in [0.29, 0.717) is 18.3 Å². The molecule has 0 aromatic heterocycles. The van der Waals surface area contributed by atoms with Crippen LogP contribution in [0.5, 0.6) is 11.5 Å². The number of benzene rings is 2. The Kier molecular flexibility index (Phi) is 5.63. The monoisotopic (exact) mass is 314 g/mol. The van der Waals surface area contributed by atoms with Crippen molar-refractivity contribution in [3.05, 3.63) is 59.2 Å². The van der Waals surface area contributed by atoms with Gasteiger partial charge in [-0.2, -0.15) is 0 Å². The highest BCUT2D eigenvalue weighted by molar-refractivity contribution is 5.92. The largest absolute Gasteiger partial charge is 0.507 e. The van der Waals surface area contributed by atoms with Crippen molar-refractivity contribution in [2.75, 3.05) is 7.11 Å². The van der Waals surface area contributed by atoms with Crippen LogP contribution < -0.4 is 4.74 Å². The van der Waals surface area contributed by atoms with Crippen molar-refractivity contribution in [1.29, 1.82) is 0 Å². The number of carbonyl (C=O) groups is 1. The third kappa shape index (κ3) is 4.25. The van der Waals surface area contributed by atoms with Crippen molar-refractivity contribution in [1.82, 2.24) is 0 Å². The summed E-state index contributed by atoms with van der Waals surface area (Å²) in [5.74, 6) is 0.324. The molecule has 0 saturated heterocycles. The Morgan fingerprint density at radius 1 is 1.17 bits per heavy atom. The second-order valence-corrected chi connectivity index (χ2v) is 5.51. The van der Waals surface area contributed by atoms with E-state index in [1.165, 1.54) is 24.8 Å². The fourth-order valence-corrected chi connectivity index (χ4v) is 2.23. The van der Waals surface area contributed by atoms with Crippen LogP contribution in [0.2, 0.25) is 0 Å². The molecule has 4 nitrogen and oxygen atoms in total. The van der Waals surface area contributed by atoms with Gasteiger partial charge in [0.1, 0.15) is 23.7 Å². The summed E-state index contributed by atoms with van der Waals surface area (Å²) in [6.45, 7) is 4.78. The van der Waals surface area contributed by atoms with Gasteiger partial charge in [-0.25, -0.2) is 4.79 Å². The lowest BCUT2D eigenvalue weighted by Crippen LogP contribution is -2.02. The third-order valence-electron chi connectivity index (χ3n) is 3.94. The number of carbonyl (C=O) groups excluding carboxylic acids is 1. The van der Waals surface area contributed by atoms with E-state index in [2.05, 4.69) is 30.7 Å². The van der Waals surface area contributed by atoms with Crippen molar-refractivity contribution in [3.63, 3.8) is 0 Å². The van der Waals surface area contributed by atoms with E-state index in [1.807, 2.05) is 12.1 Å². The standard InChI is InChI=1S/C19H22O4/c1-4-13(2)15-7-5-14(6-8-15)12-23-16-9-10-17(18(20)11-16)19(21)22-3/h5-11,13,20H,4,12H2,1-3H3. The quantitative estimate of drug-likeness (QED) is 0.809. The molecule has 122 valence electrons. The van der Waals surface area contributed by atoms with Gasteiger partial charge in [-0.1, -0.05) is 38.1 Å². The number of rotatable bonds is 6. The van der Waals surface area contributed by atoms with Gasteiger partial charge in [0.2, 0.25) is 0 Å². The van der Waals surface area contributed by atoms with Gasteiger partial charge < -0.3 is 14.6 Å². The van der Waals surface area contributed by atoms with Crippen LogP contribution in [0.1, 0.15) is 47.7 Å². The van der Waals surface area contributed by atoms with Crippen molar-refractivity contribution in [2.45, 2.75) is 32.8 Å². The SMILES string of the molecule is CCC(C)c1ccc(COc2ccc(C(=O)OC)c(O)c2)cc1. The average Bonchev–Trinajstić information content (AvgIpc) is 2.59. The summed E-state index contributed by atoms with van der Waals surface area (Å²) < 4.78 is 10.2. The van der Waals surface area contributed by atoms with Crippen LogP contribution in [0.25, 0.3) is 0 Å². The van der Waals surface area contributed by atoms with Gasteiger partial charge in [-0.3, -0.25) is 0 Å². The molecule has 0 spiro atoms. The fourth-order valence-electron chi connectivity index (χ4n) is 2.23. The average molecular weight is 314 g/mol. The summed E-state index contributed by atoms with van der Waals surface area (Å²) in [6.07, 6.45) is 1.11. The summed E-state index contributed by atoms with van der Waals surface area (Å²) >= 11 is 0. The molecule has 0 heterocycles. The Morgan fingerprint density at radius 3 is 2.43 bits per heavy atom. The summed E-state index contributed by atoms with van der Waals surface area (Å²) in [5.41, 5.74) is 2.49. The number of methoxy groups -OCH3 is 1. The minimum Gasteiger partial charge on any atom is -0.507 e. The molecule has 1 N–H and O–H groups in total. The molecule has 0 aliphatic rings. The molecule has 0 aliphatic carbocycles. The van der Waals surface area contributed by atoms with Crippen molar-refractivity contribution in [3.8, 4) is 11.5 Å². The Morgan fingerprint density at radius 2 is 1.87 bits per heavy atom. The van der Waals surface area contributed by atoms with Crippen LogP contribution in [0.15, 0.2) is 42.5 Å². The normalized spacial score (nSPS) is 11.8. The first-order valence-electron chi connectivity index (χ1n) is 7.68. The maximum atomic E-state index is 11.4. The number of phenolic OH excluding ortho intramolecular Hbond substituents is 1. The predicted octanol–water partition coefficient (Wildman–Crippen LogP) is 4.27. The van der Waals surface area contributed by atoms with Gasteiger partial charge in [0, 0.05) is 6.07 Å². The van der Waals surface area contributed by atoms with Gasteiger partial charge in [0.15, 0.2) is 0 Å². The highest BCUT2D eigenvalue weighted by atomic mass is 16.5. The minimum atomic E-state index is -0.574. The third-order valence-corrected chi connectivity index (χ3v) is 3.94. The Hall–Kier alpha value is -2.49. The highest BCUT2D eigenvalue weighted by Crippen LogP contribution is 2.25. The second-order valence-electron chi connectivity index (χ2n) is 5.51. The van der Waals surface area contributed by atoms with Gasteiger partial charge in [0.25, 0.3) is 0 Å². The molecule has 0 radical (unpaired) electrons. The van der Waals surface area contributed by atoms with Crippen molar-refractivity contribution < 1.29 is 19.4 Å². The van der Waals surface area contributed by atoms with Crippen LogP contribution in [0.3, 0.4) is 0 Å². The van der Waals surface area contributed by atoms with E-state index in [1.54, 1.807) is 6.07 Å². The van der Waals surface area contributed by atoms with Gasteiger partial charge >= 0.3 is 5.97 Å². The molecule has 23 heavy (non-hydrogen) atoms. The smallest absolute Gasteiger partial charge is 0.341 e. The van der Waals surface area contributed by atoms with Gasteiger partial charge in [-0.05, 0) is 35.6 Å². The highest BCUT2D eigenvalue weighted by Gasteiger charge is 2.12. The molecule has 2 aromatic rings. The molecule has 2 aromatic carbocycles. The first-order chi connectivity index (χ1) is 11.0. The number of hydrogen-bond donors (Lipinski definition) is 1. The molecule has 0 aliphatic heterocycles. The Labute approximate surface area is 136 Å². The molecule has 0 fully saturated rings. The number of ether oxygens (including phenoxy) is 2. The molecule has 1 atom stereocenters. The molecule has 0 amide bonds.